The Kier molecular flexibility index (Phi) is 5.00. The number of aromatic nitrogens is 3. The zero-order valence-electron chi connectivity index (χ0n) is 16.6. The Morgan fingerprint density at radius 2 is 1.82 bits per heavy atom. The van der Waals surface area contributed by atoms with Crippen LogP contribution < -0.4 is 15.8 Å². The van der Waals surface area contributed by atoms with Crippen LogP contribution in [0.25, 0.3) is 11.0 Å². The molecule has 2 aromatic heterocycles. The van der Waals surface area contributed by atoms with Gasteiger partial charge in [0, 0.05) is 61.2 Å². The highest BCUT2D eigenvalue weighted by Gasteiger charge is 2.14. The minimum atomic E-state index is -0.00354. The van der Waals surface area contributed by atoms with Gasteiger partial charge in [-0.15, -0.1) is 0 Å². The lowest BCUT2D eigenvalue weighted by molar-refractivity contribution is 0.313. The van der Waals surface area contributed by atoms with E-state index in [-0.39, 0.29) is 5.56 Å². The normalized spacial score (nSPS) is 15.2. The highest BCUT2D eigenvalue weighted by atomic mass is 16.1. The van der Waals surface area contributed by atoms with E-state index in [0.717, 1.165) is 37.3 Å². The van der Waals surface area contributed by atoms with E-state index in [1.54, 1.807) is 10.8 Å². The van der Waals surface area contributed by atoms with Gasteiger partial charge in [-0.3, -0.25) is 9.36 Å². The fourth-order valence-electron chi connectivity index (χ4n) is 3.61. The molecule has 0 bridgehead atoms. The number of nitrogens with zero attached hydrogens (tertiary/aromatic N) is 5. The van der Waals surface area contributed by atoms with Crippen molar-refractivity contribution < 1.29 is 0 Å². The molecule has 28 heavy (non-hydrogen) atoms. The van der Waals surface area contributed by atoms with Crippen LogP contribution in [0.4, 0.5) is 17.3 Å². The molecular formula is C21H26N6O. The summed E-state index contributed by atoms with van der Waals surface area (Å²) in [5, 5.41) is 4.12. The molecule has 7 nitrogen and oxygen atoms in total. The summed E-state index contributed by atoms with van der Waals surface area (Å²) in [5.74, 6) is 0.491. The van der Waals surface area contributed by atoms with E-state index in [1.165, 1.54) is 5.69 Å². The third-order valence-corrected chi connectivity index (χ3v) is 5.31. The van der Waals surface area contributed by atoms with Gasteiger partial charge in [0.25, 0.3) is 5.56 Å². The Balaban J connectivity index is 1.56. The Morgan fingerprint density at radius 3 is 2.50 bits per heavy atom. The van der Waals surface area contributed by atoms with Crippen LogP contribution in [0.5, 0.6) is 0 Å². The predicted octanol–water partition coefficient (Wildman–Crippen LogP) is 2.62. The predicted molar refractivity (Wildman–Crippen MR) is 114 cm³/mol. The number of fused-ring (bicyclic) bond motifs is 1. The number of anilines is 3. The first-order valence-electron chi connectivity index (χ1n) is 9.73. The Labute approximate surface area is 164 Å². The summed E-state index contributed by atoms with van der Waals surface area (Å²) in [6, 6.07) is 10.2. The third-order valence-electron chi connectivity index (χ3n) is 5.31. The largest absolute Gasteiger partial charge is 0.369 e. The zero-order chi connectivity index (χ0) is 19.7. The van der Waals surface area contributed by atoms with Gasteiger partial charge in [-0.05, 0) is 51.2 Å². The number of nitrogens with one attached hydrogen (secondary N) is 1. The van der Waals surface area contributed by atoms with Crippen LogP contribution >= 0.6 is 0 Å². The molecule has 1 fully saturated rings. The third kappa shape index (κ3) is 3.57. The zero-order valence-corrected chi connectivity index (χ0v) is 16.6. The van der Waals surface area contributed by atoms with Crippen LogP contribution in [0.3, 0.4) is 0 Å². The molecule has 146 valence electrons. The summed E-state index contributed by atoms with van der Waals surface area (Å²) in [6.07, 6.45) is 1.77. The maximum absolute atomic E-state index is 12.4. The summed E-state index contributed by atoms with van der Waals surface area (Å²) in [6.45, 7) is 8.62. The molecular weight excluding hydrogens is 352 g/mol. The minimum absolute atomic E-state index is 0.00354. The van der Waals surface area contributed by atoms with Gasteiger partial charge in [-0.2, -0.15) is 4.98 Å². The molecule has 0 atom stereocenters. The van der Waals surface area contributed by atoms with Crippen molar-refractivity contribution >= 4 is 28.4 Å². The van der Waals surface area contributed by atoms with Gasteiger partial charge >= 0.3 is 0 Å². The highest BCUT2D eigenvalue weighted by Crippen LogP contribution is 2.21. The van der Waals surface area contributed by atoms with Crippen molar-refractivity contribution in [3.05, 3.63) is 52.4 Å². The number of hydrogen-bond donors (Lipinski definition) is 1. The van der Waals surface area contributed by atoms with E-state index >= 15 is 0 Å². The number of hydrogen-bond acceptors (Lipinski definition) is 6. The minimum Gasteiger partial charge on any atom is -0.369 e. The first kappa shape index (κ1) is 18.4. The molecule has 0 radical (unpaired) electrons. The van der Waals surface area contributed by atoms with Gasteiger partial charge in [0.2, 0.25) is 5.95 Å². The molecule has 3 aromatic rings. The number of aryl methyl sites for hydroxylation is 2. The summed E-state index contributed by atoms with van der Waals surface area (Å²) in [7, 11) is 2.16. The quantitative estimate of drug-likeness (QED) is 0.753. The molecule has 0 amide bonds. The van der Waals surface area contributed by atoms with E-state index in [0.29, 0.717) is 23.7 Å². The van der Waals surface area contributed by atoms with E-state index in [9.17, 15) is 4.79 Å². The molecule has 1 N–H and O–H groups in total. The lowest BCUT2D eigenvalue weighted by atomic mass is 10.2. The second-order valence-electron chi connectivity index (χ2n) is 7.31. The lowest BCUT2D eigenvalue weighted by Gasteiger charge is -2.34. The SMILES string of the molecule is CCn1c(=O)c(C)cc2cnc(Nc3ccc(N4CCN(C)CC4)cc3)nc21. The first-order chi connectivity index (χ1) is 13.5. The number of likely N-dealkylation sites (N-methyl/N-ethyl adjacent to an activating group) is 1. The van der Waals surface area contributed by atoms with Crippen molar-refractivity contribution in [3.63, 3.8) is 0 Å². The average Bonchev–Trinajstić information content (AvgIpc) is 2.71. The van der Waals surface area contributed by atoms with E-state index < -0.39 is 0 Å². The van der Waals surface area contributed by atoms with Crippen LogP contribution in [0.1, 0.15) is 12.5 Å². The van der Waals surface area contributed by atoms with Crippen molar-refractivity contribution in [1.29, 1.82) is 0 Å². The van der Waals surface area contributed by atoms with Crippen LogP contribution in [0, 0.1) is 6.92 Å². The van der Waals surface area contributed by atoms with Crippen molar-refractivity contribution in [1.82, 2.24) is 19.4 Å². The van der Waals surface area contributed by atoms with Crippen molar-refractivity contribution in [2.75, 3.05) is 43.4 Å². The van der Waals surface area contributed by atoms with Gasteiger partial charge in [-0.1, -0.05) is 0 Å². The summed E-state index contributed by atoms with van der Waals surface area (Å²) in [5.41, 5.74) is 3.52. The number of piperazine rings is 1. The molecule has 1 aromatic carbocycles. The van der Waals surface area contributed by atoms with Crippen molar-refractivity contribution in [2.24, 2.45) is 0 Å². The van der Waals surface area contributed by atoms with Crippen LogP contribution in [-0.4, -0.2) is 52.7 Å². The Hall–Kier alpha value is -2.93. The molecule has 1 aliphatic rings. The lowest BCUT2D eigenvalue weighted by Crippen LogP contribution is -2.44. The fraction of sp³-hybridized carbons (Fsp3) is 0.381. The summed E-state index contributed by atoms with van der Waals surface area (Å²) < 4.78 is 1.69. The average molecular weight is 378 g/mol. The topological polar surface area (TPSA) is 66.3 Å². The molecule has 3 heterocycles. The molecule has 0 spiro atoms. The van der Waals surface area contributed by atoms with Crippen LogP contribution in [0.2, 0.25) is 0 Å². The van der Waals surface area contributed by atoms with E-state index in [2.05, 4.69) is 44.3 Å². The van der Waals surface area contributed by atoms with Gasteiger partial charge < -0.3 is 15.1 Å². The number of rotatable bonds is 4. The highest BCUT2D eigenvalue weighted by molar-refractivity contribution is 5.76. The molecule has 1 saturated heterocycles. The second kappa shape index (κ2) is 7.59. The Bertz CT molecular complexity index is 1040. The van der Waals surface area contributed by atoms with E-state index in [4.69, 9.17) is 0 Å². The smallest absolute Gasteiger partial charge is 0.255 e. The molecule has 0 unspecified atom stereocenters. The standard InChI is InChI=1S/C21H26N6O/c1-4-27-19-16(13-15(2)20(27)28)14-22-21(24-19)23-17-5-7-18(8-6-17)26-11-9-25(3)10-12-26/h5-8,13-14H,4,9-12H2,1-3H3,(H,22,23,24). The van der Waals surface area contributed by atoms with Gasteiger partial charge in [-0.25, -0.2) is 4.98 Å². The maximum Gasteiger partial charge on any atom is 0.255 e. The molecule has 7 heteroatoms. The second-order valence-corrected chi connectivity index (χ2v) is 7.31. The number of benzene rings is 1. The van der Waals surface area contributed by atoms with Crippen molar-refractivity contribution in [3.8, 4) is 0 Å². The molecule has 0 aliphatic carbocycles. The first-order valence-corrected chi connectivity index (χ1v) is 9.73. The molecule has 1 aliphatic heterocycles. The summed E-state index contributed by atoms with van der Waals surface area (Å²) >= 11 is 0. The monoisotopic (exact) mass is 378 g/mol. The molecule has 4 rings (SSSR count). The maximum atomic E-state index is 12.4. The van der Waals surface area contributed by atoms with Crippen molar-refractivity contribution in [2.45, 2.75) is 20.4 Å². The van der Waals surface area contributed by atoms with Gasteiger partial charge in [0.1, 0.15) is 5.65 Å². The molecule has 0 saturated carbocycles. The summed E-state index contributed by atoms with van der Waals surface area (Å²) in [4.78, 5) is 26.1. The Morgan fingerprint density at radius 1 is 1.11 bits per heavy atom. The van der Waals surface area contributed by atoms with Crippen LogP contribution in [0.15, 0.2) is 41.3 Å². The van der Waals surface area contributed by atoms with E-state index in [1.807, 2.05) is 32.0 Å². The van der Waals surface area contributed by atoms with Crippen LogP contribution in [-0.2, 0) is 6.54 Å². The number of pyridine rings is 1. The van der Waals surface area contributed by atoms with Gasteiger partial charge in [0.05, 0.1) is 0 Å². The fourth-order valence-corrected chi connectivity index (χ4v) is 3.61. The van der Waals surface area contributed by atoms with Gasteiger partial charge in [0.15, 0.2) is 0 Å².